The first-order valence-corrected chi connectivity index (χ1v) is 11.9. The molecule has 3 aromatic rings. The third-order valence-electron chi connectivity index (χ3n) is 6.40. The second kappa shape index (κ2) is 11.6. The van der Waals surface area contributed by atoms with Crippen molar-refractivity contribution < 1.29 is 27.4 Å². The summed E-state index contributed by atoms with van der Waals surface area (Å²) >= 11 is 0. The van der Waals surface area contributed by atoms with Crippen LogP contribution in [-0.2, 0) is 19.2 Å². The number of ether oxygens (including phenoxy) is 3. The number of rotatable bonds is 9. The fraction of sp³-hybridized carbons (Fsp3) is 0.357. The largest absolute Gasteiger partial charge is 0.496 e. The Labute approximate surface area is 210 Å². The van der Waals surface area contributed by atoms with Crippen LogP contribution in [0, 0.1) is 0 Å². The molecule has 1 heterocycles. The maximum atomic E-state index is 12.8. The van der Waals surface area contributed by atoms with E-state index in [0.717, 1.165) is 62.5 Å². The molecule has 192 valence electrons. The number of anilines is 1. The van der Waals surface area contributed by atoms with E-state index in [1.54, 1.807) is 32.4 Å². The highest BCUT2D eigenvalue weighted by atomic mass is 19.4. The Balaban J connectivity index is 1.21. The van der Waals surface area contributed by atoms with E-state index in [1.165, 1.54) is 5.56 Å². The quantitative estimate of drug-likeness (QED) is 0.379. The molecule has 3 aromatic carbocycles. The summed E-state index contributed by atoms with van der Waals surface area (Å²) in [4.78, 5) is 4.54. The molecule has 1 aliphatic rings. The summed E-state index contributed by atoms with van der Waals surface area (Å²) in [6.45, 7) is 4.77. The van der Waals surface area contributed by atoms with Crippen LogP contribution >= 0.6 is 0 Å². The molecule has 0 N–H and O–H groups in total. The molecule has 0 aliphatic carbocycles. The molecule has 0 saturated carbocycles. The predicted octanol–water partition coefficient (Wildman–Crippen LogP) is 5.67. The van der Waals surface area contributed by atoms with E-state index < -0.39 is 11.7 Å². The lowest BCUT2D eigenvalue weighted by molar-refractivity contribution is -0.137. The maximum absolute atomic E-state index is 12.8. The van der Waals surface area contributed by atoms with Gasteiger partial charge >= 0.3 is 6.18 Å². The monoisotopic (exact) mass is 500 g/mol. The topological polar surface area (TPSA) is 34.2 Å². The number of hydrogen-bond donors (Lipinski definition) is 0. The van der Waals surface area contributed by atoms with Crippen LogP contribution in [0.1, 0.15) is 16.7 Å². The van der Waals surface area contributed by atoms with Gasteiger partial charge < -0.3 is 19.1 Å². The normalized spacial score (nSPS) is 14.5. The zero-order valence-corrected chi connectivity index (χ0v) is 20.6. The van der Waals surface area contributed by atoms with Crippen molar-refractivity contribution in [3.63, 3.8) is 0 Å². The first kappa shape index (κ1) is 25.7. The summed E-state index contributed by atoms with van der Waals surface area (Å²) in [5.41, 5.74) is 2.56. The van der Waals surface area contributed by atoms with Gasteiger partial charge in [0.1, 0.15) is 23.9 Å². The van der Waals surface area contributed by atoms with Gasteiger partial charge in [-0.15, -0.1) is 0 Å². The maximum Gasteiger partial charge on any atom is 0.416 e. The lowest BCUT2D eigenvalue weighted by atomic mass is 10.1. The molecule has 0 amide bonds. The predicted molar refractivity (Wildman–Crippen MR) is 134 cm³/mol. The highest BCUT2D eigenvalue weighted by molar-refractivity contribution is 5.48. The standard InChI is InChI=1S/C28H31F3N2O3/c1-34-25-17-26(35-2)19-27(18-25)36-20-22-5-3-21(4-6-22)11-12-32-13-15-33(16-14-32)24-9-7-23(8-10-24)28(29,30)31/h3-10,17-19H,11-16,20H2,1-2H3. The van der Waals surface area contributed by atoms with Crippen molar-refractivity contribution in [3.8, 4) is 17.2 Å². The first-order valence-electron chi connectivity index (χ1n) is 11.9. The number of piperazine rings is 1. The Morgan fingerprint density at radius 1 is 0.722 bits per heavy atom. The van der Waals surface area contributed by atoms with Crippen molar-refractivity contribution in [2.45, 2.75) is 19.2 Å². The zero-order valence-electron chi connectivity index (χ0n) is 20.6. The van der Waals surface area contributed by atoms with Crippen LogP contribution in [0.2, 0.25) is 0 Å². The van der Waals surface area contributed by atoms with E-state index in [-0.39, 0.29) is 0 Å². The zero-order chi connectivity index (χ0) is 25.5. The highest BCUT2D eigenvalue weighted by Crippen LogP contribution is 2.31. The molecule has 0 radical (unpaired) electrons. The molecule has 0 unspecified atom stereocenters. The van der Waals surface area contributed by atoms with Crippen LogP contribution in [0.5, 0.6) is 17.2 Å². The van der Waals surface area contributed by atoms with Gasteiger partial charge in [0.05, 0.1) is 19.8 Å². The number of halogens is 3. The van der Waals surface area contributed by atoms with Gasteiger partial charge in [0.25, 0.3) is 0 Å². The number of nitrogens with zero attached hydrogens (tertiary/aromatic N) is 2. The van der Waals surface area contributed by atoms with Gasteiger partial charge in [0.15, 0.2) is 0 Å². The first-order chi connectivity index (χ1) is 17.3. The average Bonchev–Trinajstić information content (AvgIpc) is 2.91. The van der Waals surface area contributed by atoms with Crippen molar-refractivity contribution in [3.05, 3.63) is 83.4 Å². The van der Waals surface area contributed by atoms with E-state index in [4.69, 9.17) is 14.2 Å². The van der Waals surface area contributed by atoms with Gasteiger partial charge in [0, 0.05) is 56.6 Å². The van der Waals surface area contributed by atoms with Crippen LogP contribution in [-0.4, -0.2) is 51.8 Å². The summed E-state index contributed by atoms with van der Waals surface area (Å²) in [5.74, 6) is 2.05. The average molecular weight is 501 g/mol. The van der Waals surface area contributed by atoms with Crippen molar-refractivity contribution in [1.82, 2.24) is 4.90 Å². The summed E-state index contributed by atoms with van der Waals surface area (Å²) in [6.07, 6.45) is -3.36. The van der Waals surface area contributed by atoms with Crippen LogP contribution in [0.25, 0.3) is 0 Å². The Kier molecular flexibility index (Phi) is 8.25. The molecule has 0 bridgehead atoms. The van der Waals surface area contributed by atoms with Gasteiger partial charge in [-0.1, -0.05) is 24.3 Å². The van der Waals surface area contributed by atoms with Crippen molar-refractivity contribution >= 4 is 5.69 Å². The third kappa shape index (κ3) is 6.85. The van der Waals surface area contributed by atoms with E-state index in [9.17, 15) is 13.2 Å². The molecule has 0 spiro atoms. The SMILES string of the molecule is COc1cc(OC)cc(OCc2ccc(CCN3CCN(c4ccc(C(F)(F)F)cc4)CC3)cc2)c1. The van der Waals surface area contributed by atoms with Crippen LogP contribution < -0.4 is 19.1 Å². The van der Waals surface area contributed by atoms with Gasteiger partial charge in [-0.2, -0.15) is 13.2 Å². The van der Waals surface area contributed by atoms with Crippen LogP contribution in [0.3, 0.4) is 0 Å². The number of hydrogen-bond acceptors (Lipinski definition) is 5. The molecule has 1 aliphatic heterocycles. The fourth-order valence-corrected chi connectivity index (χ4v) is 4.21. The summed E-state index contributed by atoms with van der Waals surface area (Å²) in [5, 5.41) is 0. The molecule has 1 saturated heterocycles. The molecule has 5 nitrogen and oxygen atoms in total. The van der Waals surface area contributed by atoms with Gasteiger partial charge in [-0.3, -0.25) is 4.90 Å². The van der Waals surface area contributed by atoms with Crippen molar-refractivity contribution in [2.75, 3.05) is 51.8 Å². The van der Waals surface area contributed by atoms with Crippen LogP contribution in [0.4, 0.5) is 18.9 Å². The van der Waals surface area contributed by atoms with E-state index in [1.807, 2.05) is 12.1 Å². The Morgan fingerprint density at radius 3 is 1.83 bits per heavy atom. The molecule has 1 fully saturated rings. The number of methoxy groups -OCH3 is 2. The Hall–Kier alpha value is -3.39. The smallest absolute Gasteiger partial charge is 0.416 e. The molecule has 0 aromatic heterocycles. The van der Waals surface area contributed by atoms with Crippen molar-refractivity contribution in [1.29, 1.82) is 0 Å². The van der Waals surface area contributed by atoms with Crippen molar-refractivity contribution in [2.24, 2.45) is 0 Å². The highest BCUT2D eigenvalue weighted by Gasteiger charge is 2.30. The summed E-state index contributed by atoms with van der Waals surface area (Å²) < 4.78 is 54.8. The van der Waals surface area contributed by atoms with Gasteiger partial charge in [-0.05, 0) is 41.8 Å². The number of alkyl halides is 3. The number of benzene rings is 3. The van der Waals surface area contributed by atoms with E-state index >= 15 is 0 Å². The Bertz CT molecular complexity index is 1090. The lowest BCUT2D eigenvalue weighted by Gasteiger charge is -2.36. The van der Waals surface area contributed by atoms with Gasteiger partial charge in [-0.25, -0.2) is 0 Å². The van der Waals surface area contributed by atoms with Crippen LogP contribution in [0.15, 0.2) is 66.7 Å². The van der Waals surface area contributed by atoms with E-state index in [0.29, 0.717) is 23.9 Å². The van der Waals surface area contributed by atoms with E-state index in [2.05, 4.69) is 34.1 Å². The molecule has 0 atom stereocenters. The minimum Gasteiger partial charge on any atom is -0.496 e. The minimum atomic E-state index is -4.30. The molecule has 4 rings (SSSR count). The molecular formula is C28H31F3N2O3. The second-order valence-electron chi connectivity index (χ2n) is 8.78. The fourth-order valence-electron chi connectivity index (χ4n) is 4.21. The third-order valence-corrected chi connectivity index (χ3v) is 6.40. The molecule has 8 heteroatoms. The minimum absolute atomic E-state index is 0.447. The Morgan fingerprint density at radius 2 is 1.28 bits per heavy atom. The molecular weight excluding hydrogens is 469 g/mol. The molecule has 36 heavy (non-hydrogen) atoms. The lowest BCUT2D eigenvalue weighted by Crippen LogP contribution is -2.47. The summed E-state index contributed by atoms with van der Waals surface area (Å²) in [6, 6.07) is 19.3. The second-order valence-corrected chi connectivity index (χ2v) is 8.78. The van der Waals surface area contributed by atoms with Gasteiger partial charge in [0.2, 0.25) is 0 Å². The summed E-state index contributed by atoms with van der Waals surface area (Å²) in [7, 11) is 3.22.